The highest BCUT2D eigenvalue weighted by Gasteiger charge is 2.27. The van der Waals surface area contributed by atoms with Crippen LogP contribution in [-0.4, -0.2) is 38.2 Å². The maximum Gasteiger partial charge on any atom is 0.334 e. The third-order valence-electron chi connectivity index (χ3n) is 4.95. The van der Waals surface area contributed by atoms with Gasteiger partial charge in [-0.2, -0.15) is 0 Å². The van der Waals surface area contributed by atoms with E-state index in [0.717, 1.165) is 5.57 Å². The fourth-order valence-corrected chi connectivity index (χ4v) is 3.26. The van der Waals surface area contributed by atoms with Gasteiger partial charge in [0.05, 0.1) is 14.2 Å². The van der Waals surface area contributed by atoms with Crippen LogP contribution in [0.5, 0.6) is 0 Å². The average Bonchev–Trinajstić information content (AvgIpc) is 3.02. The van der Waals surface area contributed by atoms with Crippen molar-refractivity contribution in [3.05, 3.63) is 46.6 Å². The first kappa shape index (κ1) is 21.7. The highest BCUT2D eigenvalue weighted by atomic mass is 16.5. The van der Waals surface area contributed by atoms with Gasteiger partial charge in [-0.1, -0.05) is 37.6 Å². The number of esters is 3. The normalized spacial score (nSPS) is 20.9. The lowest BCUT2D eigenvalue weighted by atomic mass is 9.93. The Bertz CT molecular complexity index is 751. The van der Waals surface area contributed by atoms with Crippen LogP contribution < -0.4 is 0 Å². The SMILES string of the molecule is COC(=O)C1=CCCC2=CC(CC(C(=O)OC)=CC=C(C(C)C)CC1)OC2=O. The number of fused-ring (bicyclic) bond motifs is 1. The van der Waals surface area contributed by atoms with Gasteiger partial charge in [0.1, 0.15) is 6.10 Å². The molecule has 0 fully saturated rings. The Labute approximate surface area is 165 Å². The van der Waals surface area contributed by atoms with Crippen LogP contribution in [0.25, 0.3) is 0 Å². The largest absolute Gasteiger partial charge is 0.466 e. The lowest BCUT2D eigenvalue weighted by molar-refractivity contribution is -0.141. The second-order valence-electron chi connectivity index (χ2n) is 7.18. The van der Waals surface area contributed by atoms with E-state index in [-0.39, 0.29) is 24.3 Å². The molecule has 0 saturated heterocycles. The first-order valence-corrected chi connectivity index (χ1v) is 9.52. The molecule has 0 N–H and O–H groups in total. The van der Waals surface area contributed by atoms with Crippen molar-refractivity contribution in [3.63, 3.8) is 0 Å². The average molecular weight is 388 g/mol. The third-order valence-corrected chi connectivity index (χ3v) is 4.95. The van der Waals surface area contributed by atoms with E-state index in [9.17, 15) is 14.4 Å². The Morgan fingerprint density at radius 2 is 1.71 bits per heavy atom. The number of hydrogen-bond acceptors (Lipinski definition) is 6. The fraction of sp³-hybridized carbons (Fsp3) is 0.500. The van der Waals surface area contributed by atoms with Crippen LogP contribution >= 0.6 is 0 Å². The van der Waals surface area contributed by atoms with Crippen molar-refractivity contribution in [3.8, 4) is 0 Å². The van der Waals surface area contributed by atoms with Crippen molar-refractivity contribution in [2.45, 2.75) is 52.1 Å². The summed E-state index contributed by atoms with van der Waals surface area (Å²) >= 11 is 0. The number of ether oxygens (including phenoxy) is 3. The first-order chi connectivity index (χ1) is 13.3. The summed E-state index contributed by atoms with van der Waals surface area (Å²) in [7, 11) is 2.69. The van der Waals surface area contributed by atoms with E-state index in [1.54, 1.807) is 12.2 Å². The highest BCUT2D eigenvalue weighted by Crippen LogP contribution is 2.26. The van der Waals surface area contributed by atoms with Crippen LogP contribution in [0.1, 0.15) is 46.0 Å². The first-order valence-electron chi connectivity index (χ1n) is 9.52. The van der Waals surface area contributed by atoms with Gasteiger partial charge in [0.25, 0.3) is 0 Å². The van der Waals surface area contributed by atoms with Crippen molar-refractivity contribution in [1.82, 2.24) is 0 Å². The van der Waals surface area contributed by atoms with Crippen molar-refractivity contribution in [2.24, 2.45) is 5.92 Å². The maximum atomic E-state index is 12.2. The van der Waals surface area contributed by atoms with Crippen molar-refractivity contribution < 1.29 is 28.6 Å². The van der Waals surface area contributed by atoms with Gasteiger partial charge in [-0.15, -0.1) is 0 Å². The molecule has 28 heavy (non-hydrogen) atoms. The minimum absolute atomic E-state index is 0.248. The Kier molecular flexibility index (Phi) is 7.79. The highest BCUT2D eigenvalue weighted by molar-refractivity contribution is 5.92. The molecular weight excluding hydrogens is 360 g/mol. The van der Waals surface area contributed by atoms with Gasteiger partial charge in [-0.25, -0.2) is 14.4 Å². The van der Waals surface area contributed by atoms with E-state index in [1.165, 1.54) is 14.2 Å². The zero-order chi connectivity index (χ0) is 20.7. The van der Waals surface area contributed by atoms with Crippen LogP contribution in [0.2, 0.25) is 0 Å². The van der Waals surface area contributed by atoms with Crippen LogP contribution in [-0.2, 0) is 28.6 Å². The van der Waals surface area contributed by atoms with E-state index in [2.05, 4.69) is 13.8 Å². The quantitative estimate of drug-likeness (QED) is 0.543. The Balaban J connectivity index is 2.42. The molecule has 2 aliphatic rings. The predicted molar refractivity (Wildman–Crippen MR) is 104 cm³/mol. The second-order valence-corrected chi connectivity index (χ2v) is 7.18. The molecule has 1 heterocycles. The lowest BCUT2D eigenvalue weighted by Gasteiger charge is -2.13. The molecule has 0 amide bonds. The van der Waals surface area contributed by atoms with Crippen LogP contribution in [0, 0.1) is 5.92 Å². The van der Waals surface area contributed by atoms with Crippen molar-refractivity contribution in [2.75, 3.05) is 14.2 Å². The zero-order valence-electron chi connectivity index (χ0n) is 16.9. The molecule has 2 bridgehead atoms. The van der Waals surface area contributed by atoms with Crippen molar-refractivity contribution >= 4 is 17.9 Å². The van der Waals surface area contributed by atoms with Gasteiger partial charge >= 0.3 is 17.9 Å². The Hall–Kier alpha value is -2.63. The van der Waals surface area contributed by atoms with E-state index in [1.807, 2.05) is 12.2 Å². The Morgan fingerprint density at radius 3 is 2.36 bits per heavy atom. The molecule has 0 radical (unpaired) electrons. The summed E-state index contributed by atoms with van der Waals surface area (Å²) in [5, 5.41) is 0. The molecule has 1 unspecified atom stereocenters. The summed E-state index contributed by atoms with van der Waals surface area (Å²) < 4.78 is 15.2. The summed E-state index contributed by atoms with van der Waals surface area (Å²) in [6, 6.07) is 0. The third kappa shape index (κ3) is 5.68. The van der Waals surface area contributed by atoms with Gasteiger partial charge in [0, 0.05) is 23.1 Å². The number of hydrogen-bond donors (Lipinski definition) is 0. The zero-order valence-corrected chi connectivity index (χ0v) is 16.9. The van der Waals surface area contributed by atoms with Crippen LogP contribution in [0.15, 0.2) is 46.6 Å². The minimum atomic E-state index is -0.490. The van der Waals surface area contributed by atoms with Gasteiger partial charge in [0.15, 0.2) is 0 Å². The molecule has 6 heteroatoms. The van der Waals surface area contributed by atoms with E-state index in [0.29, 0.717) is 42.4 Å². The molecule has 0 spiro atoms. The van der Waals surface area contributed by atoms with E-state index < -0.39 is 12.1 Å². The number of methoxy groups -OCH3 is 2. The summed E-state index contributed by atoms with van der Waals surface area (Å²) in [5.41, 5.74) is 2.70. The number of carbonyl (C=O) groups excluding carboxylic acids is 3. The summed E-state index contributed by atoms with van der Waals surface area (Å²) in [5.74, 6) is -0.936. The number of carbonyl (C=O) groups is 3. The maximum absolute atomic E-state index is 12.2. The predicted octanol–water partition coefficient (Wildman–Crippen LogP) is 3.58. The van der Waals surface area contributed by atoms with Crippen LogP contribution in [0.3, 0.4) is 0 Å². The molecule has 6 nitrogen and oxygen atoms in total. The monoisotopic (exact) mass is 388 g/mol. The summed E-state index contributed by atoms with van der Waals surface area (Å²) in [6.07, 6.45) is 9.22. The van der Waals surface area contributed by atoms with Gasteiger partial charge in [-0.3, -0.25) is 0 Å². The summed E-state index contributed by atoms with van der Waals surface area (Å²) in [6.45, 7) is 4.13. The lowest BCUT2D eigenvalue weighted by Crippen LogP contribution is -2.14. The van der Waals surface area contributed by atoms with E-state index in [4.69, 9.17) is 14.2 Å². The van der Waals surface area contributed by atoms with Gasteiger partial charge < -0.3 is 14.2 Å². The number of allylic oxidation sites excluding steroid dienone is 4. The molecule has 0 aromatic rings. The molecule has 2 rings (SSSR count). The second kappa shape index (κ2) is 10.1. The summed E-state index contributed by atoms with van der Waals surface area (Å²) in [4.78, 5) is 36.4. The van der Waals surface area contributed by atoms with Gasteiger partial charge in [-0.05, 0) is 37.7 Å². The minimum Gasteiger partial charge on any atom is -0.466 e. The molecule has 0 aromatic heterocycles. The Morgan fingerprint density at radius 1 is 1.04 bits per heavy atom. The molecule has 0 aromatic carbocycles. The van der Waals surface area contributed by atoms with E-state index >= 15 is 0 Å². The molecule has 0 saturated carbocycles. The number of rotatable bonds is 3. The molecule has 152 valence electrons. The van der Waals surface area contributed by atoms with Crippen molar-refractivity contribution in [1.29, 1.82) is 0 Å². The molecule has 1 aliphatic heterocycles. The molecule has 1 atom stereocenters. The molecule has 1 aliphatic carbocycles. The van der Waals surface area contributed by atoms with Gasteiger partial charge in [0.2, 0.25) is 0 Å². The topological polar surface area (TPSA) is 78.9 Å². The molecular formula is C22H28O6. The smallest absolute Gasteiger partial charge is 0.334 e. The standard InChI is InChI=1S/C22H28O6/c1-14(2)15-8-10-16(20(23)26-3)6-5-7-17-12-19(28-22(17)25)13-18(11-9-15)21(24)27-4/h6,9,11-12,14,19H,5,7-8,10,13H2,1-4H3. The van der Waals surface area contributed by atoms with Crippen LogP contribution in [0.4, 0.5) is 0 Å². The fourth-order valence-electron chi connectivity index (χ4n) is 3.26.